The van der Waals surface area contributed by atoms with E-state index < -0.39 is 5.41 Å². The molecule has 1 aromatic heterocycles. The average molecular weight is 333 g/mol. The lowest BCUT2D eigenvalue weighted by Crippen LogP contribution is -2.45. The summed E-state index contributed by atoms with van der Waals surface area (Å²) >= 11 is 0. The van der Waals surface area contributed by atoms with Gasteiger partial charge in [0.25, 0.3) is 0 Å². The third kappa shape index (κ3) is 3.06. The molecule has 1 aromatic rings. The number of likely N-dealkylation sites (tertiary alicyclic amines) is 1. The minimum Gasteiger partial charge on any atom is -0.361 e. The number of rotatable bonds is 5. The van der Waals surface area contributed by atoms with Crippen LogP contribution in [0.1, 0.15) is 56.9 Å². The molecule has 2 amide bonds. The number of nitrogens with zero attached hydrogens (tertiary/aromatic N) is 2. The molecule has 132 valence electrons. The van der Waals surface area contributed by atoms with Gasteiger partial charge in [0, 0.05) is 38.5 Å². The van der Waals surface area contributed by atoms with Crippen molar-refractivity contribution in [2.45, 2.75) is 51.9 Å². The van der Waals surface area contributed by atoms with Crippen molar-refractivity contribution in [1.29, 1.82) is 0 Å². The molecule has 1 aliphatic heterocycles. The predicted octanol–water partition coefficient (Wildman–Crippen LogP) is 2.11. The largest absolute Gasteiger partial charge is 0.361 e. The number of amides is 2. The lowest BCUT2D eigenvalue weighted by molar-refractivity contribution is -0.138. The Labute approximate surface area is 142 Å². The normalized spacial score (nSPS) is 24.2. The summed E-state index contributed by atoms with van der Waals surface area (Å²) in [6.07, 6.45) is 4.27. The lowest BCUT2D eigenvalue weighted by atomic mass is 9.81. The maximum atomic E-state index is 12.6. The molecule has 1 atom stereocenters. The Morgan fingerprint density at radius 1 is 1.46 bits per heavy atom. The summed E-state index contributed by atoms with van der Waals surface area (Å²) in [4.78, 5) is 27.0. The summed E-state index contributed by atoms with van der Waals surface area (Å²) in [5.74, 6) is 1.38. The smallest absolute Gasteiger partial charge is 0.228 e. The fourth-order valence-corrected chi connectivity index (χ4v) is 3.67. The van der Waals surface area contributed by atoms with Crippen LogP contribution >= 0.6 is 0 Å². The van der Waals surface area contributed by atoms with Crippen LogP contribution in [0.25, 0.3) is 0 Å². The van der Waals surface area contributed by atoms with Gasteiger partial charge in [0.05, 0.1) is 11.1 Å². The molecule has 3 rings (SSSR count). The van der Waals surface area contributed by atoms with E-state index in [1.165, 1.54) is 0 Å². The third-order valence-corrected chi connectivity index (χ3v) is 5.51. The Bertz CT molecular complexity index is 621. The first-order chi connectivity index (χ1) is 11.4. The SMILES string of the molecule is CNC(=O)C1(Cc2cc(C(C)C)no2)CCN(C(=O)C2CCC2)C1. The standard InChI is InChI=1S/C18H27N3O3/c1-12(2)15-9-14(24-20-15)10-18(17(23)19-3)7-8-21(11-18)16(22)13-5-4-6-13/h9,12-13H,4-8,10-11H2,1-3H3,(H,19,23). The van der Waals surface area contributed by atoms with Crippen molar-refractivity contribution in [3.63, 3.8) is 0 Å². The van der Waals surface area contributed by atoms with Crippen molar-refractivity contribution in [1.82, 2.24) is 15.4 Å². The predicted molar refractivity (Wildman–Crippen MR) is 89.3 cm³/mol. The van der Waals surface area contributed by atoms with E-state index in [1.54, 1.807) is 7.05 Å². The first-order valence-electron chi connectivity index (χ1n) is 8.91. The van der Waals surface area contributed by atoms with E-state index >= 15 is 0 Å². The van der Waals surface area contributed by atoms with Gasteiger partial charge in [-0.15, -0.1) is 0 Å². The van der Waals surface area contributed by atoms with Crippen LogP contribution in [0.3, 0.4) is 0 Å². The fourth-order valence-electron chi connectivity index (χ4n) is 3.67. The van der Waals surface area contributed by atoms with E-state index in [1.807, 2.05) is 11.0 Å². The fraction of sp³-hybridized carbons (Fsp3) is 0.722. The minimum absolute atomic E-state index is 0.0195. The second-order valence-electron chi connectivity index (χ2n) is 7.55. The van der Waals surface area contributed by atoms with Crippen LogP contribution in [0, 0.1) is 11.3 Å². The molecule has 2 fully saturated rings. The summed E-state index contributed by atoms with van der Waals surface area (Å²) in [6, 6.07) is 1.94. The summed E-state index contributed by atoms with van der Waals surface area (Å²) in [6.45, 7) is 5.24. The molecule has 1 unspecified atom stereocenters. The highest BCUT2D eigenvalue weighted by molar-refractivity contribution is 5.86. The zero-order valence-corrected chi connectivity index (χ0v) is 14.8. The molecule has 2 aliphatic rings. The van der Waals surface area contributed by atoms with Gasteiger partial charge in [-0.3, -0.25) is 9.59 Å². The zero-order chi connectivity index (χ0) is 17.3. The first-order valence-corrected chi connectivity index (χ1v) is 8.91. The van der Waals surface area contributed by atoms with E-state index in [0.29, 0.717) is 31.8 Å². The van der Waals surface area contributed by atoms with Crippen LogP contribution in [-0.2, 0) is 16.0 Å². The van der Waals surface area contributed by atoms with Crippen molar-refractivity contribution in [2.24, 2.45) is 11.3 Å². The number of carbonyl (C=O) groups excluding carboxylic acids is 2. The van der Waals surface area contributed by atoms with Gasteiger partial charge in [0.1, 0.15) is 5.76 Å². The molecule has 1 saturated heterocycles. The van der Waals surface area contributed by atoms with Crippen molar-refractivity contribution >= 4 is 11.8 Å². The van der Waals surface area contributed by atoms with Crippen LogP contribution in [-0.4, -0.2) is 42.0 Å². The average Bonchev–Trinajstić information content (AvgIpc) is 3.13. The first kappa shape index (κ1) is 17.0. The Morgan fingerprint density at radius 2 is 2.21 bits per heavy atom. The highest BCUT2D eigenvalue weighted by atomic mass is 16.5. The molecule has 6 heteroatoms. The quantitative estimate of drug-likeness (QED) is 0.895. The molecule has 0 radical (unpaired) electrons. The highest BCUT2D eigenvalue weighted by Crippen LogP contribution is 2.38. The molecule has 0 spiro atoms. The number of hydrogen-bond acceptors (Lipinski definition) is 4. The zero-order valence-electron chi connectivity index (χ0n) is 14.8. The van der Waals surface area contributed by atoms with Gasteiger partial charge >= 0.3 is 0 Å². The summed E-state index contributed by atoms with van der Waals surface area (Å²) in [5.41, 5.74) is 0.291. The maximum Gasteiger partial charge on any atom is 0.228 e. The Hall–Kier alpha value is -1.85. The molecule has 1 saturated carbocycles. The number of aromatic nitrogens is 1. The van der Waals surface area contributed by atoms with Crippen LogP contribution in [0.2, 0.25) is 0 Å². The molecule has 1 aliphatic carbocycles. The van der Waals surface area contributed by atoms with E-state index in [2.05, 4.69) is 24.3 Å². The molecule has 1 N–H and O–H groups in total. The Balaban J connectivity index is 1.75. The second kappa shape index (κ2) is 6.57. The van der Waals surface area contributed by atoms with Gasteiger partial charge < -0.3 is 14.7 Å². The monoisotopic (exact) mass is 333 g/mol. The van der Waals surface area contributed by atoms with Gasteiger partial charge in [0.15, 0.2) is 0 Å². The number of carbonyl (C=O) groups is 2. The van der Waals surface area contributed by atoms with Gasteiger partial charge in [-0.05, 0) is 25.2 Å². The van der Waals surface area contributed by atoms with Crippen LogP contribution in [0.4, 0.5) is 0 Å². The molecule has 24 heavy (non-hydrogen) atoms. The van der Waals surface area contributed by atoms with Crippen molar-refractivity contribution in [2.75, 3.05) is 20.1 Å². The molecular weight excluding hydrogens is 306 g/mol. The number of nitrogens with one attached hydrogen (secondary N) is 1. The highest BCUT2D eigenvalue weighted by Gasteiger charge is 2.47. The van der Waals surface area contributed by atoms with E-state index in [0.717, 1.165) is 30.7 Å². The van der Waals surface area contributed by atoms with E-state index in [9.17, 15) is 9.59 Å². The van der Waals surface area contributed by atoms with Crippen LogP contribution < -0.4 is 5.32 Å². The maximum absolute atomic E-state index is 12.6. The summed E-state index contributed by atoms with van der Waals surface area (Å²) in [5, 5.41) is 6.87. The molecule has 0 aromatic carbocycles. The van der Waals surface area contributed by atoms with Gasteiger partial charge in [-0.1, -0.05) is 25.4 Å². The van der Waals surface area contributed by atoms with Gasteiger partial charge in [-0.25, -0.2) is 0 Å². The van der Waals surface area contributed by atoms with E-state index in [-0.39, 0.29) is 17.7 Å². The summed E-state index contributed by atoms with van der Waals surface area (Å²) < 4.78 is 5.45. The number of hydrogen-bond donors (Lipinski definition) is 1. The molecule has 6 nitrogen and oxygen atoms in total. The molecule has 0 bridgehead atoms. The van der Waals surface area contributed by atoms with E-state index in [4.69, 9.17) is 4.52 Å². The van der Waals surface area contributed by atoms with Gasteiger partial charge in [0.2, 0.25) is 11.8 Å². The molecule has 2 heterocycles. The van der Waals surface area contributed by atoms with Crippen LogP contribution in [0.5, 0.6) is 0 Å². The van der Waals surface area contributed by atoms with Crippen molar-refractivity contribution in [3.8, 4) is 0 Å². The Kier molecular flexibility index (Phi) is 4.65. The molecular formula is C18H27N3O3. The topological polar surface area (TPSA) is 75.4 Å². The van der Waals surface area contributed by atoms with Crippen LogP contribution in [0.15, 0.2) is 10.6 Å². The third-order valence-electron chi connectivity index (χ3n) is 5.51. The second-order valence-corrected chi connectivity index (χ2v) is 7.55. The lowest BCUT2D eigenvalue weighted by Gasteiger charge is -2.31. The minimum atomic E-state index is -0.609. The summed E-state index contributed by atoms with van der Waals surface area (Å²) in [7, 11) is 1.65. The van der Waals surface area contributed by atoms with Gasteiger partial charge in [-0.2, -0.15) is 0 Å². The van der Waals surface area contributed by atoms with Crippen molar-refractivity contribution in [3.05, 3.63) is 17.5 Å². The Morgan fingerprint density at radius 3 is 2.75 bits per heavy atom. The van der Waals surface area contributed by atoms with Crippen molar-refractivity contribution < 1.29 is 14.1 Å².